The fourth-order valence-electron chi connectivity index (χ4n) is 2.11. The van der Waals surface area contributed by atoms with E-state index >= 15 is 0 Å². The molecule has 7 heteroatoms. The lowest BCUT2D eigenvalue weighted by molar-refractivity contribution is -0.0534. The zero-order valence-electron chi connectivity index (χ0n) is 10.2. The molecule has 0 aromatic carbocycles. The first-order valence-corrected chi connectivity index (χ1v) is 5.72. The molecule has 1 aromatic rings. The summed E-state index contributed by atoms with van der Waals surface area (Å²) in [5.41, 5.74) is -0.893. The van der Waals surface area contributed by atoms with Crippen LogP contribution in [-0.4, -0.2) is 38.6 Å². The number of aliphatic hydroxyl groups excluding tert-OH is 2. The van der Waals surface area contributed by atoms with Gasteiger partial charge in [-0.05, 0) is 6.92 Å². The van der Waals surface area contributed by atoms with E-state index in [1.54, 1.807) is 0 Å². The van der Waals surface area contributed by atoms with E-state index in [1.165, 1.54) is 13.1 Å². The smallest absolute Gasteiger partial charge is 0.330 e. The summed E-state index contributed by atoms with van der Waals surface area (Å²) in [6.07, 6.45) is 3.66. The summed E-state index contributed by atoms with van der Waals surface area (Å²) in [5, 5.41) is 19.2. The Balaban J connectivity index is 2.44. The van der Waals surface area contributed by atoms with Gasteiger partial charge in [0.1, 0.15) is 6.10 Å². The number of H-pyrrole nitrogens is 1. The molecule has 4 atom stereocenters. The van der Waals surface area contributed by atoms with Crippen molar-refractivity contribution in [3.05, 3.63) is 32.6 Å². The van der Waals surface area contributed by atoms with Gasteiger partial charge in [0.2, 0.25) is 0 Å². The van der Waals surface area contributed by atoms with Gasteiger partial charge in [-0.3, -0.25) is 14.3 Å². The largest absolute Gasteiger partial charge is 0.394 e. The predicted molar refractivity (Wildman–Crippen MR) is 65.4 cm³/mol. The molecule has 0 bridgehead atoms. The van der Waals surface area contributed by atoms with Crippen LogP contribution in [0.25, 0.3) is 0 Å². The van der Waals surface area contributed by atoms with Crippen LogP contribution in [0.4, 0.5) is 0 Å². The fraction of sp³-hybridized carbons (Fsp3) is 0.500. The van der Waals surface area contributed by atoms with Crippen molar-refractivity contribution in [1.82, 2.24) is 9.55 Å². The molecule has 3 N–H and O–H groups in total. The average molecular weight is 266 g/mol. The van der Waals surface area contributed by atoms with E-state index in [9.17, 15) is 14.7 Å². The number of hydrogen-bond acceptors (Lipinski definition) is 5. The number of rotatable bonds is 2. The molecule has 1 aliphatic rings. The minimum absolute atomic E-state index is 0.306. The number of aromatic nitrogens is 2. The number of nitrogens with one attached hydrogen (secondary N) is 1. The Morgan fingerprint density at radius 3 is 2.79 bits per heavy atom. The van der Waals surface area contributed by atoms with Gasteiger partial charge in [0.05, 0.1) is 18.6 Å². The Morgan fingerprint density at radius 1 is 1.58 bits per heavy atom. The number of aryl methyl sites for hydroxylation is 1. The van der Waals surface area contributed by atoms with Crippen LogP contribution in [0, 0.1) is 25.2 Å². The molecule has 0 spiro atoms. The fourth-order valence-corrected chi connectivity index (χ4v) is 2.11. The van der Waals surface area contributed by atoms with Crippen molar-refractivity contribution in [2.75, 3.05) is 6.61 Å². The van der Waals surface area contributed by atoms with Gasteiger partial charge in [-0.2, -0.15) is 0 Å². The van der Waals surface area contributed by atoms with Crippen molar-refractivity contribution in [3.8, 4) is 12.3 Å². The molecule has 1 aliphatic heterocycles. The molecule has 2 heterocycles. The molecule has 4 unspecified atom stereocenters. The molecule has 1 aromatic heterocycles. The van der Waals surface area contributed by atoms with Gasteiger partial charge >= 0.3 is 5.69 Å². The third-order valence-electron chi connectivity index (χ3n) is 3.17. The zero-order valence-corrected chi connectivity index (χ0v) is 10.2. The topological polar surface area (TPSA) is 105 Å². The summed E-state index contributed by atoms with van der Waals surface area (Å²) in [6, 6.07) is 0. The van der Waals surface area contributed by atoms with E-state index in [1.807, 2.05) is 0 Å². The van der Waals surface area contributed by atoms with Gasteiger partial charge < -0.3 is 14.9 Å². The second-order valence-electron chi connectivity index (χ2n) is 4.41. The van der Waals surface area contributed by atoms with Crippen molar-refractivity contribution >= 4 is 0 Å². The van der Waals surface area contributed by atoms with Gasteiger partial charge in [-0.1, -0.05) is 5.92 Å². The van der Waals surface area contributed by atoms with Crippen LogP contribution >= 0.6 is 0 Å². The Morgan fingerprint density at radius 2 is 2.26 bits per heavy atom. The number of aromatic amines is 1. The normalized spacial score (nSPS) is 30.2. The monoisotopic (exact) mass is 266 g/mol. The van der Waals surface area contributed by atoms with Crippen LogP contribution < -0.4 is 11.2 Å². The van der Waals surface area contributed by atoms with Crippen LogP contribution in [0.3, 0.4) is 0 Å². The SMILES string of the molecule is C#CC1C(CO)OC(n2cc(C)c(=O)[nH]c2=O)C1O. The molecule has 7 nitrogen and oxygen atoms in total. The van der Waals surface area contributed by atoms with Gasteiger partial charge in [-0.15, -0.1) is 6.42 Å². The Kier molecular flexibility index (Phi) is 3.57. The highest BCUT2D eigenvalue weighted by atomic mass is 16.5. The lowest BCUT2D eigenvalue weighted by atomic mass is 9.99. The first-order valence-electron chi connectivity index (χ1n) is 5.72. The van der Waals surface area contributed by atoms with Crippen molar-refractivity contribution < 1.29 is 14.9 Å². The van der Waals surface area contributed by atoms with Gasteiger partial charge in [0.15, 0.2) is 6.23 Å². The van der Waals surface area contributed by atoms with Gasteiger partial charge in [0.25, 0.3) is 5.56 Å². The summed E-state index contributed by atoms with van der Waals surface area (Å²) in [7, 11) is 0. The van der Waals surface area contributed by atoms with Crippen LogP contribution in [-0.2, 0) is 4.74 Å². The molecular weight excluding hydrogens is 252 g/mol. The number of hydrogen-bond donors (Lipinski definition) is 3. The molecule has 1 fully saturated rings. The molecule has 0 radical (unpaired) electrons. The van der Waals surface area contributed by atoms with Crippen molar-refractivity contribution in [2.45, 2.75) is 25.4 Å². The molecule has 19 heavy (non-hydrogen) atoms. The summed E-state index contributed by atoms with van der Waals surface area (Å²) in [6.45, 7) is 1.16. The highest BCUT2D eigenvalue weighted by Crippen LogP contribution is 2.32. The molecule has 0 saturated carbocycles. The second-order valence-corrected chi connectivity index (χ2v) is 4.41. The molecule has 0 amide bonds. The Hall–Kier alpha value is -1.88. The Labute approximate surface area is 108 Å². The number of ether oxygens (including phenoxy) is 1. The first kappa shape index (κ1) is 13.5. The summed E-state index contributed by atoms with van der Waals surface area (Å²) >= 11 is 0. The van der Waals surface area contributed by atoms with E-state index in [-0.39, 0.29) is 6.61 Å². The van der Waals surface area contributed by atoms with Gasteiger partial charge in [0, 0.05) is 11.8 Å². The lowest BCUT2D eigenvalue weighted by Crippen LogP contribution is -2.37. The number of nitrogens with zero attached hydrogens (tertiary/aromatic N) is 1. The minimum Gasteiger partial charge on any atom is -0.394 e. The zero-order chi connectivity index (χ0) is 14.2. The van der Waals surface area contributed by atoms with Crippen molar-refractivity contribution in [2.24, 2.45) is 5.92 Å². The van der Waals surface area contributed by atoms with Gasteiger partial charge in [-0.25, -0.2) is 4.79 Å². The van der Waals surface area contributed by atoms with Crippen LogP contribution in [0.1, 0.15) is 11.8 Å². The predicted octanol–water partition coefficient (Wildman–Crippen LogP) is -1.65. The van der Waals surface area contributed by atoms with E-state index < -0.39 is 35.6 Å². The molecule has 2 rings (SSSR count). The van der Waals surface area contributed by atoms with Crippen molar-refractivity contribution in [1.29, 1.82) is 0 Å². The molecular formula is C12H14N2O5. The maximum absolute atomic E-state index is 11.7. The maximum atomic E-state index is 11.7. The number of aliphatic hydroxyl groups is 2. The number of terminal acetylenes is 1. The summed E-state index contributed by atoms with van der Waals surface area (Å²) in [5.74, 6) is 1.62. The van der Waals surface area contributed by atoms with E-state index in [2.05, 4.69) is 10.9 Å². The summed E-state index contributed by atoms with van der Waals surface area (Å²) in [4.78, 5) is 25.1. The van der Waals surface area contributed by atoms with Crippen LogP contribution in [0.15, 0.2) is 15.8 Å². The lowest BCUT2D eigenvalue weighted by Gasteiger charge is -2.17. The van der Waals surface area contributed by atoms with E-state index in [0.717, 1.165) is 4.57 Å². The maximum Gasteiger partial charge on any atom is 0.330 e. The molecule has 102 valence electrons. The molecule has 0 aliphatic carbocycles. The minimum atomic E-state index is -1.13. The molecule has 1 saturated heterocycles. The van der Waals surface area contributed by atoms with E-state index in [4.69, 9.17) is 16.3 Å². The second kappa shape index (κ2) is 5.01. The summed E-state index contributed by atoms with van der Waals surface area (Å²) < 4.78 is 6.46. The first-order chi connectivity index (χ1) is 8.99. The Bertz CT molecular complexity index is 626. The third kappa shape index (κ3) is 2.21. The third-order valence-corrected chi connectivity index (χ3v) is 3.17. The van der Waals surface area contributed by atoms with Crippen LogP contribution in [0.5, 0.6) is 0 Å². The van der Waals surface area contributed by atoms with E-state index in [0.29, 0.717) is 5.56 Å². The standard InChI is InChI=1S/C12H14N2O5/c1-3-7-8(5-15)19-11(9(7)16)14-4-6(2)10(17)13-12(14)18/h1,4,7-9,11,15-16H,5H2,2H3,(H,13,17,18). The highest BCUT2D eigenvalue weighted by Gasteiger charge is 2.43. The quantitative estimate of drug-likeness (QED) is 0.556. The van der Waals surface area contributed by atoms with Crippen LogP contribution in [0.2, 0.25) is 0 Å². The van der Waals surface area contributed by atoms with Crippen molar-refractivity contribution in [3.63, 3.8) is 0 Å². The average Bonchev–Trinajstić information content (AvgIpc) is 2.70. The highest BCUT2D eigenvalue weighted by molar-refractivity contribution is 5.08.